The molecule has 5 N–H and O–H groups in total. The third-order valence-electron chi connectivity index (χ3n) is 3.87. The number of carbonyl (C=O) groups is 2. The molecule has 1 atom stereocenters. The molecule has 0 radical (unpaired) electrons. The van der Waals surface area contributed by atoms with Gasteiger partial charge in [-0.1, -0.05) is 0 Å². The lowest BCUT2D eigenvalue weighted by Gasteiger charge is -2.34. The third kappa shape index (κ3) is 4.86. The van der Waals surface area contributed by atoms with Gasteiger partial charge in [-0.25, -0.2) is 0 Å². The Labute approximate surface area is 143 Å². The van der Waals surface area contributed by atoms with Gasteiger partial charge in [-0.15, -0.1) is 0 Å². The van der Waals surface area contributed by atoms with Gasteiger partial charge in [-0.2, -0.15) is 0 Å². The van der Waals surface area contributed by atoms with Crippen molar-refractivity contribution in [3.8, 4) is 0 Å². The summed E-state index contributed by atoms with van der Waals surface area (Å²) < 4.78 is 0. The fourth-order valence-corrected chi connectivity index (χ4v) is 2.73. The molecule has 0 saturated carbocycles. The van der Waals surface area contributed by atoms with Crippen LogP contribution >= 0.6 is 0 Å². The first kappa shape index (κ1) is 18.1. The van der Waals surface area contributed by atoms with Crippen LogP contribution in [-0.2, 0) is 4.79 Å². The van der Waals surface area contributed by atoms with Gasteiger partial charge in [-0.3, -0.25) is 9.59 Å². The summed E-state index contributed by atoms with van der Waals surface area (Å²) in [4.78, 5) is 26.2. The molecule has 0 aliphatic carbocycles. The summed E-state index contributed by atoms with van der Waals surface area (Å²) in [5.41, 5.74) is 7.71. The van der Waals surface area contributed by atoms with Gasteiger partial charge in [0.1, 0.15) is 0 Å². The number of rotatable bonds is 5. The molecule has 7 heteroatoms. The van der Waals surface area contributed by atoms with E-state index in [1.54, 1.807) is 12.1 Å². The van der Waals surface area contributed by atoms with Crippen molar-refractivity contribution in [3.05, 3.63) is 23.8 Å². The SMILES string of the molecule is CC(C)NC(=O)CNC(=O)c1cc(N2CCNC(C)C2)ccc1N. The molecule has 1 aromatic carbocycles. The minimum Gasteiger partial charge on any atom is -0.398 e. The molecule has 1 aliphatic rings. The van der Waals surface area contributed by atoms with Crippen molar-refractivity contribution in [3.63, 3.8) is 0 Å². The lowest BCUT2D eigenvalue weighted by molar-refractivity contribution is -0.120. The van der Waals surface area contributed by atoms with Crippen LogP contribution in [0.15, 0.2) is 18.2 Å². The van der Waals surface area contributed by atoms with Crippen molar-refractivity contribution in [2.45, 2.75) is 32.9 Å². The number of benzene rings is 1. The first-order valence-electron chi connectivity index (χ1n) is 8.32. The monoisotopic (exact) mass is 333 g/mol. The summed E-state index contributed by atoms with van der Waals surface area (Å²) in [5.74, 6) is -0.555. The maximum absolute atomic E-state index is 12.4. The highest BCUT2D eigenvalue weighted by Crippen LogP contribution is 2.22. The first-order valence-corrected chi connectivity index (χ1v) is 8.32. The number of nitrogen functional groups attached to an aromatic ring is 1. The fraction of sp³-hybridized carbons (Fsp3) is 0.529. The molecule has 1 aromatic rings. The summed E-state index contributed by atoms with van der Waals surface area (Å²) in [6.45, 7) is 8.47. The van der Waals surface area contributed by atoms with Gasteiger partial charge in [0, 0.05) is 43.1 Å². The highest BCUT2D eigenvalue weighted by atomic mass is 16.2. The van der Waals surface area contributed by atoms with Gasteiger partial charge in [0.25, 0.3) is 5.91 Å². The maximum Gasteiger partial charge on any atom is 0.253 e. The first-order chi connectivity index (χ1) is 11.4. The predicted octanol–water partition coefficient (Wildman–Crippen LogP) is 0.321. The summed E-state index contributed by atoms with van der Waals surface area (Å²) in [7, 11) is 0. The Morgan fingerprint density at radius 3 is 2.83 bits per heavy atom. The highest BCUT2D eigenvalue weighted by Gasteiger charge is 2.18. The fourth-order valence-electron chi connectivity index (χ4n) is 2.73. The number of nitrogens with zero attached hydrogens (tertiary/aromatic N) is 1. The summed E-state index contributed by atoms with van der Waals surface area (Å²) in [6, 6.07) is 5.90. The summed E-state index contributed by atoms with van der Waals surface area (Å²) >= 11 is 0. The van der Waals surface area contributed by atoms with Gasteiger partial charge in [0.2, 0.25) is 5.91 Å². The molecular weight excluding hydrogens is 306 g/mol. The smallest absolute Gasteiger partial charge is 0.253 e. The number of hydrogen-bond acceptors (Lipinski definition) is 5. The van der Waals surface area contributed by atoms with E-state index in [0.29, 0.717) is 17.3 Å². The van der Waals surface area contributed by atoms with Gasteiger partial charge < -0.3 is 26.6 Å². The lowest BCUT2D eigenvalue weighted by Crippen LogP contribution is -2.49. The zero-order valence-electron chi connectivity index (χ0n) is 14.6. The van der Waals surface area contributed by atoms with Crippen LogP contribution in [0.4, 0.5) is 11.4 Å². The van der Waals surface area contributed by atoms with E-state index in [1.807, 2.05) is 19.9 Å². The zero-order chi connectivity index (χ0) is 17.7. The van der Waals surface area contributed by atoms with Crippen LogP contribution in [0.5, 0.6) is 0 Å². The molecule has 1 unspecified atom stereocenters. The van der Waals surface area contributed by atoms with Crippen molar-refractivity contribution >= 4 is 23.2 Å². The van der Waals surface area contributed by atoms with E-state index in [9.17, 15) is 9.59 Å². The molecule has 0 spiro atoms. The number of piperazine rings is 1. The molecule has 0 bridgehead atoms. The summed E-state index contributed by atoms with van der Waals surface area (Å²) in [6.07, 6.45) is 0. The predicted molar refractivity (Wildman–Crippen MR) is 96.1 cm³/mol. The van der Waals surface area contributed by atoms with E-state index in [1.165, 1.54) is 0 Å². The van der Waals surface area contributed by atoms with Crippen molar-refractivity contribution in [1.29, 1.82) is 0 Å². The number of anilines is 2. The molecule has 1 aliphatic heterocycles. The second-order valence-corrected chi connectivity index (χ2v) is 6.48. The molecule has 2 rings (SSSR count). The molecule has 1 heterocycles. The van der Waals surface area contributed by atoms with E-state index in [0.717, 1.165) is 25.3 Å². The molecule has 0 aromatic heterocycles. The van der Waals surface area contributed by atoms with Crippen LogP contribution in [-0.4, -0.2) is 50.1 Å². The molecule has 7 nitrogen and oxygen atoms in total. The minimum absolute atomic E-state index is 0.0394. The lowest BCUT2D eigenvalue weighted by atomic mass is 10.1. The van der Waals surface area contributed by atoms with Gasteiger partial charge >= 0.3 is 0 Å². The molecular formula is C17H27N5O2. The van der Waals surface area contributed by atoms with Crippen molar-refractivity contribution in [2.75, 3.05) is 36.8 Å². The number of nitrogens with one attached hydrogen (secondary N) is 3. The number of hydrogen-bond donors (Lipinski definition) is 4. The third-order valence-corrected chi connectivity index (χ3v) is 3.87. The Bertz CT molecular complexity index is 603. The zero-order valence-corrected chi connectivity index (χ0v) is 14.6. The average Bonchev–Trinajstić information content (AvgIpc) is 2.52. The highest BCUT2D eigenvalue weighted by molar-refractivity contribution is 6.01. The molecule has 1 fully saturated rings. The largest absolute Gasteiger partial charge is 0.398 e. The number of amides is 2. The van der Waals surface area contributed by atoms with E-state index in [4.69, 9.17) is 5.73 Å². The molecule has 132 valence electrons. The van der Waals surface area contributed by atoms with Crippen LogP contribution in [0.3, 0.4) is 0 Å². The average molecular weight is 333 g/mol. The van der Waals surface area contributed by atoms with Gasteiger partial charge in [-0.05, 0) is 39.0 Å². The second kappa shape index (κ2) is 8.01. The maximum atomic E-state index is 12.4. The van der Waals surface area contributed by atoms with Gasteiger partial charge in [0.05, 0.1) is 12.1 Å². The van der Waals surface area contributed by atoms with E-state index in [2.05, 4.69) is 27.8 Å². The number of nitrogens with two attached hydrogens (primary N) is 1. The number of carbonyl (C=O) groups excluding carboxylic acids is 2. The van der Waals surface area contributed by atoms with Crippen LogP contribution < -0.4 is 26.6 Å². The van der Waals surface area contributed by atoms with Crippen LogP contribution in [0.2, 0.25) is 0 Å². The Morgan fingerprint density at radius 1 is 1.42 bits per heavy atom. The molecule has 2 amide bonds. The molecule has 1 saturated heterocycles. The minimum atomic E-state index is -0.337. The summed E-state index contributed by atoms with van der Waals surface area (Å²) in [5, 5.41) is 8.74. The van der Waals surface area contributed by atoms with Crippen molar-refractivity contribution < 1.29 is 9.59 Å². The van der Waals surface area contributed by atoms with Crippen molar-refractivity contribution in [2.24, 2.45) is 0 Å². The van der Waals surface area contributed by atoms with Crippen LogP contribution in [0.25, 0.3) is 0 Å². The topological polar surface area (TPSA) is 99.5 Å². The van der Waals surface area contributed by atoms with Crippen LogP contribution in [0, 0.1) is 0 Å². The van der Waals surface area contributed by atoms with Crippen LogP contribution in [0.1, 0.15) is 31.1 Å². The Balaban J connectivity index is 2.04. The van der Waals surface area contributed by atoms with E-state index < -0.39 is 0 Å². The van der Waals surface area contributed by atoms with E-state index in [-0.39, 0.29) is 24.4 Å². The standard InChI is InChI=1S/C17H27N5O2/c1-11(2)21-16(23)9-20-17(24)14-8-13(4-5-15(14)18)22-7-6-19-12(3)10-22/h4-5,8,11-12,19H,6-7,9-10,18H2,1-3H3,(H,20,24)(H,21,23). The Kier molecular flexibility index (Phi) is 6.03. The normalized spacial score (nSPS) is 17.7. The molecule has 24 heavy (non-hydrogen) atoms. The Hall–Kier alpha value is -2.28. The quantitative estimate of drug-likeness (QED) is 0.582. The Morgan fingerprint density at radius 2 is 2.17 bits per heavy atom. The second-order valence-electron chi connectivity index (χ2n) is 6.48. The van der Waals surface area contributed by atoms with Gasteiger partial charge in [0.15, 0.2) is 0 Å². The van der Waals surface area contributed by atoms with E-state index >= 15 is 0 Å². The van der Waals surface area contributed by atoms with Crippen molar-refractivity contribution in [1.82, 2.24) is 16.0 Å².